The van der Waals surface area contributed by atoms with E-state index in [1.165, 1.54) is 4.68 Å². The topological polar surface area (TPSA) is 70.1 Å². The summed E-state index contributed by atoms with van der Waals surface area (Å²) in [5.74, 6) is -0.701. The summed E-state index contributed by atoms with van der Waals surface area (Å²) >= 11 is 17.0. The first-order valence-corrected chi connectivity index (χ1v) is 8.73. The Hall–Kier alpha value is -1.43. The number of benzene rings is 1. The molecule has 0 fully saturated rings. The maximum Gasteiger partial charge on any atom is 0.359 e. The van der Waals surface area contributed by atoms with E-state index in [2.05, 4.69) is 5.10 Å². The van der Waals surface area contributed by atoms with Gasteiger partial charge in [0.25, 0.3) is 0 Å². The van der Waals surface area contributed by atoms with Crippen molar-refractivity contribution in [2.24, 2.45) is 0 Å². The standard InChI is InChI=1S/C17H20Cl3N3O2/c1-10-5-7-11(8-6-10)23-13(15(24)25-9-17(18,19)20)12(21)14(22-23)16(2,3)4/h5-8H,9,21H2,1-4H3. The molecule has 0 bridgehead atoms. The highest BCUT2D eigenvalue weighted by atomic mass is 35.6. The number of nitrogen functional groups attached to an aromatic ring is 1. The number of aryl methyl sites for hydroxylation is 1. The average molecular weight is 405 g/mol. The molecule has 5 nitrogen and oxygen atoms in total. The molecule has 0 amide bonds. The third kappa shape index (κ3) is 4.81. The predicted octanol–water partition coefficient (Wildman–Crippen LogP) is 4.59. The van der Waals surface area contributed by atoms with Gasteiger partial charge in [-0.25, -0.2) is 9.48 Å². The summed E-state index contributed by atoms with van der Waals surface area (Å²) in [6, 6.07) is 7.53. The molecule has 2 rings (SSSR count). The molecule has 2 aromatic rings. The van der Waals surface area contributed by atoms with E-state index in [1.807, 2.05) is 52.0 Å². The first-order valence-electron chi connectivity index (χ1n) is 7.60. The second-order valence-corrected chi connectivity index (χ2v) is 9.32. The minimum atomic E-state index is -1.70. The molecule has 0 aliphatic rings. The SMILES string of the molecule is Cc1ccc(-n2nc(C(C)(C)C)c(N)c2C(=O)OCC(Cl)(Cl)Cl)cc1. The summed E-state index contributed by atoms with van der Waals surface area (Å²) in [4.78, 5) is 12.6. The fourth-order valence-corrected chi connectivity index (χ4v) is 2.43. The Morgan fingerprint density at radius 2 is 1.76 bits per heavy atom. The van der Waals surface area contributed by atoms with Gasteiger partial charge < -0.3 is 10.5 Å². The molecule has 0 atom stereocenters. The third-order valence-electron chi connectivity index (χ3n) is 3.47. The number of nitrogens with two attached hydrogens (primary N) is 1. The van der Waals surface area contributed by atoms with Gasteiger partial charge in [0, 0.05) is 5.41 Å². The van der Waals surface area contributed by atoms with E-state index in [9.17, 15) is 4.79 Å². The van der Waals surface area contributed by atoms with Crippen LogP contribution in [0.4, 0.5) is 5.69 Å². The molecular weight excluding hydrogens is 385 g/mol. The van der Waals surface area contributed by atoms with Crippen molar-refractivity contribution >= 4 is 46.5 Å². The highest BCUT2D eigenvalue weighted by Crippen LogP contribution is 2.32. The first kappa shape index (κ1) is 19.9. The monoisotopic (exact) mass is 403 g/mol. The van der Waals surface area contributed by atoms with E-state index in [0.717, 1.165) is 5.56 Å². The molecule has 0 aliphatic heterocycles. The molecule has 0 spiro atoms. The van der Waals surface area contributed by atoms with Crippen molar-refractivity contribution in [1.82, 2.24) is 9.78 Å². The van der Waals surface area contributed by atoms with Crippen LogP contribution in [0.1, 0.15) is 42.5 Å². The van der Waals surface area contributed by atoms with Crippen molar-refractivity contribution in [2.45, 2.75) is 36.9 Å². The quantitative estimate of drug-likeness (QED) is 0.600. The van der Waals surface area contributed by atoms with Crippen molar-refractivity contribution < 1.29 is 9.53 Å². The number of esters is 1. The molecule has 0 aliphatic carbocycles. The number of carbonyl (C=O) groups is 1. The number of hydrogen-bond acceptors (Lipinski definition) is 4. The first-order chi connectivity index (χ1) is 11.4. The van der Waals surface area contributed by atoms with Crippen LogP contribution in [0, 0.1) is 6.92 Å². The molecule has 0 saturated heterocycles. The zero-order valence-electron chi connectivity index (χ0n) is 14.4. The summed E-state index contributed by atoms with van der Waals surface area (Å²) in [7, 11) is 0. The van der Waals surface area contributed by atoms with E-state index in [4.69, 9.17) is 45.3 Å². The normalized spacial score (nSPS) is 12.3. The Labute approximate surface area is 162 Å². The van der Waals surface area contributed by atoms with Gasteiger partial charge in [0.05, 0.1) is 17.1 Å². The Bertz CT molecular complexity index is 772. The number of rotatable bonds is 3. The number of ether oxygens (including phenoxy) is 1. The number of hydrogen-bond donors (Lipinski definition) is 1. The Kier molecular flexibility index (Phi) is 5.62. The number of nitrogens with zero attached hydrogens (tertiary/aromatic N) is 2. The van der Waals surface area contributed by atoms with Crippen LogP contribution < -0.4 is 5.73 Å². The van der Waals surface area contributed by atoms with E-state index >= 15 is 0 Å². The second-order valence-electron chi connectivity index (χ2n) is 6.80. The van der Waals surface area contributed by atoms with Crippen LogP contribution in [0.2, 0.25) is 0 Å². The summed E-state index contributed by atoms with van der Waals surface area (Å²) in [5.41, 5.74) is 8.59. The zero-order valence-corrected chi connectivity index (χ0v) is 16.7. The van der Waals surface area contributed by atoms with Gasteiger partial charge in [0.15, 0.2) is 5.69 Å². The van der Waals surface area contributed by atoms with Gasteiger partial charge in [0.2, 0.25) is 3.79 Å². The van der Waals surface area contributed by atoms with Gasteiger partial charge >= 0.3 is 5.97 Å². The summed E-state index contributed by atoms with van der Waals surface area (Å²) < 4.78 is 4.88. The number of anilines is 1. The van der Waals surface area contributed by atoms with Crippen molar-refractivity contribution in [1.29, 1.82) is 0 Å². The van der Waals surface area contributed by atoms with Crippen LogP contribution in [-0.2, 0) is 10.2 Å². The Morgan fingerprint density at radius 1 is 1.20 bits per heavy atom. The summed E-state index contributed by atoms with van der Waals surface area (Å²) in [6.45, 7) is 7.46. The molecular formula is C17H20Cl3N3O2. The van der Waals surface area contributed by atoms with Crippen LogP contribution >= 0.6 is 34.8 Å². The van der Waals surface area contributed by atoms with Crippen LogP contribution in [0.5, 0.6) is 0 Å². The Morgan fingerprint density at radius 3 is 2.24 bits per heavy atom. The van der Waals surface area contributed by atoms with E-state index in [0.29, 0.717) is 11.4 Å². The number of halogens is 3. The van der Waals surface area contributed by atoms with Gasteiger partial charge in [-0.1, -0.05) is 73.3 Å². The fourth-order valence-electron chi connectivity index (χ4n) is 2.27. The van der Waals surface area contributed by atoms with E-state index in [-0.39, 0.29) is 23.4 Å². The van der Waals surface area contributed by atoms with Crippen LogP contribution in [-0.4, -0.2) is 26.1 Å². The lowest BCUT2D eigenvalue weighted by molar-refractivity contribution is 0.0503. The lowest BCUT2D eigenvalue weighted by Crippen LogP contribution is -2.20. The molecule has 8 heteroatoms. The average Bonchev–Trinajstić information content (AvgIpc) is 2.82. The highest BCUT2D eigenvalue weighted by molar-refractivity contribution is 6.67. The number of aromatic nitrogens is 2. The van der Waals surface area contributed by atoms with Crippen LogP contribution in [0.3, 0.4) is 0 Å². The van der Waals surface area contributed by atoms with E-state index in [1.54, 1.807) is 0 Å². The lowest BCUT2D eigenvalue weighted by Gasteiger charge is -2.15. The second kappa shape index (κ2) is 7.06. The summed E-state index contributed by atoms with van der Waals surface area (Å²) in [5, 5.41) is 4.54. The Balaban J connectivity index is 2.54. The molecule has 1 heterocycles. The lowest BCUT2D eigenvalue weighted by atomic mass is 9.91. The minimum Gasteiger partial charge on any atom is -0.456 e. The maximum atomic E-state index is 12.6. The maximum absolute atomic E-state index is 12.6. The van der Waals surface area contributed by atoms with Crippen molar-refractivity contribution in [3.05, 3.63) is 41.2 Å². The molecule has 0 saturated carbocycles. The third-order valence-corrected chi connectivity index (χ3v) is 3.80. The van der Waals surface area contributed by atoms with Crippen molar-refractivity contribution in [3.8, 4) is 5.69 Å². The van der Waals surface area contributed by atoms with Gasteiger partial charge in [-0.3, -0.25) is 0 Å². The molecule has 0 radical (unpaired) electrons. The van der Waals surface area contributed by atoms with E-state index < -0.39 is 9.76 Å². The molecule has 1 aromatic carbocycles. The van der Waals surface area contributed by atoms with Gasteiger partial charge in [0.1, 0.15) is 6.61 Å². The largest absolute Gasteiger partial charge is 0.456 e. The van der Waals surface area contributed by atoms with Crippen molar-refractivity contribution in [2.75, 3.05) is 12.3 Å². The molecule has 1 aromatic heterocycles. The number of alkyl halides is 3. The smallest absolute Gasteiger partial charge is 0.359 e. The van der Waals surface area contributed by atoms with Crippen LogP contribution in [0.15, 0.2) is 24.3 Å². The zero-order chi connectivity index (χ0) is 19.0. The fraction of sp³-hybridized carbons (Fsp3) is 0.412. The van der Waals surface area contributed by atoms with Crippen LogP contribution in [0.25, 0.3) is 5.69 Å². The van der Waals surface area contributed by atoms with Gasteiger partial charge in [-0.15, -0.1) is 0 Å². The van der Waals surface area contributed by atoms with Gasteiger partial charge in [-0.05, 0) is 19.1 Å². The molecule has 136 valence electrons. The molecule has 0 unspecified atom stereocenters. The van der Waals surface area contributed by atoms with Crippen molar-refractivity contribution in [3.63, 3.8) is 0 Å². The molecule has 2 N–H and O–H groups in total. The summed E-state index contributed by atoms with van der Waals surface area (Å²) in [6.07, 6.45) is 0. The minimum absolute atomic E-state index is 0.114. The highest BCUT2D eigenvalue weighted by Gasteiger charge is 2.31. The van der Waals surface area contributed by atoms with Gasteiger partial charge in [-0.2, -0.15) is 5.10 Å². The number of carbonyl (C=O) groups excluding carboxylic acids is 1. The molecule has 25 heavy (non-hydrogen) atoms. The predicted molar refractivity (Wildman–Crippen MR) is 102 cm³/mol.